The summed E-state index contributed by atoms with van der Waals surface area (Å²) in [5, 5.41) is 8.19. The van der Waals surface area contributed by atoms with Crippen molar-refractivity contribution in [3.05, 3.63) is 34.3 Å². The first-order valence-corrected chi connectivity index (χ1v) is 39.6. The van der Waals surface area contributed by atoms with Crippen LogP contribution in [-0.2, 0) is 74.9 Å². The standard InChI is InChI=1S/C78H122ClF3N12O13/c1-15-50(6)65-74(104)87(9)51(7)69(99)94-40-34-58(94)72(102)89(11)60(44-52-26-18-16-19-27-52)71(101)86(8)46-63(95)83-57(33-31-53-30-32-55(56(79)43-53)78(80,81)82)70(100)91(13)62(47-107-41-35-48(2)3)68(98)85-77(36-22-23-37-77)76(106)92(14)66(54-28-20-21-29-54)75(105)90(12)61(73(103)93-38-24-17-25-39-93)45-64(96)88(10)59(42-49(4)5)67(97)84-65/h30,32,43,48-52,54,57-62,65-66H,15-29,31,33-42,44-47H2,1-14H3,(H,83,95)(H,84,97)(H,85,98)/t50-,51-,57-,58-,59-,60-,61-,62+,65-,66-/m0/s1. The molecule has 3 saturated heterocycles. The maximum absolute atomic E-state index is 15.9. The number of rotatable bonds is 16. The van der Waals surface area contributed by atoms with Gasteiger partial charge in [-0.25, -0.2) is 0 Å². The van der Waals surface area contributed by atoms with Crippen LogP contribution in [0.5, 0.6) is 0 Å². The molecule has 6 fully saturated rings. The molecule has 12 amide bonds. The lowest BCUT2D eigenvalue weighted by atomic mass is 9.84. The van der Waals surface area contributed by atoms with E-state index in [2.05, 4.69) is 16.0 Å². The van der Waals surface area contributed by atoms with Gasteiger partial charge in [0, 0.05) is 75.6 Å². The second kappa shape index (κ2) is 39.0. The first kappa shape index (κ1) is 87.1. The number of likely N-dealkylation sites (N-methyl/N-ethyl adjacent to an activating group) is 7. The first-order chi connectivity index (χ1) is 50.4. The van der Waals surface area contributed by atoms with E-state index in [-0.39, 0.29) is 81.4 Å². The maximum Gasteiger partial charge on any atom is 0.417 e. The summed E-state index contributed by atoms with van der Waals surface area (Å²) in [4.78, 5) is 194. The molecule has 1 aromatic carbocycles. The van der Waals surface area contributed by atoms with E-state index in [4.69, 9.17) is 16.3 Å². The van der Waals surface area contributed by atoms with Gasteiger partial charge < -0.3 is 64.8 Å². The Morgan fingerprint density at radius 1 is 0.645 bits per heavy atom. The largest absolute Gasteiger partial charge is 0.417 e. The highest BCUT2D eigenvalue weighted by atomic mass is 35.5. The van der Waals surface area contributed by atoms with Crippen LogP contribution >= 0.6 is 11.6 Å². The number of fused-ring (bicyclic) bond motifs is 1. The number of halogens is 4. The quantitative estimate of drug-likeness (QED) is 0.136. The first-order valence-electron chi connectivity index (χ1n) is 39.2. The molecule has 3 aliphatic heterocycles. The molecule has 6 aliphatic rings. The Hall–Kier alpha value is -7.10. The molecule has 3 saturated carbocycles. The minimum Gasteiger partial charge on any atom is -0.379 e. The second-order valence-electron chi connectivity index (χ2n) is 32.3. The van der Waals surface area contributed by atoms with Gasteiger partial charge >= 0.3 is 6.18 Å². The Kier molecular flexibility index (Phi) is 31.8. The summed E-state index contributed by atoms with van der Waals surface area (Å²) in [6.45, 7) is 12.8. The average molecular weight is 1530 g/mol. The molecule has 3 heterocycles. The molecule has 0 aromatic heterocycles. The SMILES string of the molecule is CC[C@H](C)[C@@H]1NC(=O)[C@H](CC(C)C)N(C)C(=O)C[C@@H](C(=O)N2CCCCC2)N(C)C(=O)[C@H](C2CCCC2)N(C)C(=O)C2(CCCC2)NC(=O)[C@@H](COCCC(C)C)N(C)C(=O)[C@H](CCc2ccc(C(F)(F)F)c(Cl)c2)NC(=O)CN(C)C(=O)[C@H](CC2CCCCC2)N(C)C(=O)[C@@H]2CCN2C(=O)[C@H](C)N(C)C1=O. The molecule has 1 aromatic rings. The smallest absolute Gasteiger partial charge is 0.379 e. The highest BCUT2D eigenvalue weighted by Crippen LogP contribution is 2.39. The van der Waals surface area contributed by atoms with E-state index in [0.29, 0.717) is 64.5 Å². The van der Waals surface area contributed by atoms with Gasteiger partial charge in [0.2, 0.25) is 70.9 Å². The molecule has 3 N–H and O–H groups in total. The molecule has 25 nitrogen and oxygen atoms in total. The number of amides is 12. The summed E-state index contributed by atoms with van der Waals surface area (Å²) in [6, 6.07) is -8.29. The summed E-state index contributed by atoms with van der Waals surface area (Å²) in [7, 11) is 10.0. The number of piperidine rings is 1. The fourth-order valence-electron chi connectivity index (χ4n) is 16.3. The van der Waals surface area contributed by atoms with Gasteiger partial charge in [0.25, 0.3) is 0 Å². The van der Waals surface area contributed by atoms with Crippen LogP contribution in [-0.4, -0.2) is 264 Å². The third-order valence-electron chi connectivity index (χ3n) is 23.8. The average Bonchev–Trinajstić information content (AvgIpc) is 1.70. The fourth-order valence-corrected chi connectivity index (χ4v) is 16.7. The summed E-state index contributed by atoms with van der Waals surface area (Å²) in [5.41, 5.74) is -2.47. The van der Waals surface area contributed by atoms with E-state index in [9.17, 15) is 32.3 Å². The number of nitrogens with zero attached hydrogens (tertiary/aromatic N) is 9. The molecule has 1 spiro atoms. The van der Waals surface area contributed by atoms with Crippen LogP contribution in [0.2, 0.25) is 5.02 Å². The van der Waals surface area contributed by atoms with Crippen molar-refractivity contribution in [2.45, 2.75) is 269 Å². The Morgan fingerprint density at radius 2 is 1.26 bits per heavy atom. The van der Waals surface area contributed by atoms with Gasteiger partial charge in [-0.1, -0.05) is 123 Å². The molecule has 0 radical (unpaired) electrons. The van der Waals surface area contributed by atoms with Crippen LogP contribution in [0.1, 0.15) is 207 Å². The summed E-state index contributed by atoms with van der Waals surface area (Å²) >= 11 is 6.21. The van der Waals surface area contributed by atoms with Gasteiger partial charge in [-0.2, -0.15) is 13.2 Å². The minimum absolute atomic E-state index is 0.00559. The molecule has 10 atom stereocenters. The summed E-state index contributed by atoms with van der Waals surface area (Å²) in [5.74, 6) is -8.83. The van der Waals surface area contributed by atoms with Crippen LogP contribution in [0.25, 0.3) is 0 Å². The topological polar surface area (TPSA) is 279 Å². The van der Waals surface area contributed by atoms with E-state index >= 15 is 38.4 Å². The fraction of sp³-hybridized carbons (Fsp3) is 0.769. The zero-order valence-corrected chi connectivity index (χ0v) is 66.6. The molecule has 0 unspecified atom stereocenters. The Labute approximate surface area is 636 Å². The van der Waals surface area contributed by atoms with Crippen molar-refractivity contribution >= 4 is 82.5 Å². The van der Waals surface area contributed by atoms with Crippen molar-refractivity contribution < 1.29 is 75.4 Å². The number of hydrogen-bond donors (Lipinski definition) is 3. The number of likely N-dealkylation sites (tertiary alicyclic amines) is 1. The van der Waals surface area contributed by atoms with Crippen molar-refractivity contribution in [2.75, 3.05) is 88.7 Å². The zero-order chi connectivity index (χ0) is 79.1. The van der Waals surface area contributed by atoms with Crippen molar-refractivity contribution in [3.63, 3.8) is 0 Å². The number of nitrogens with one attached hydrogen (secondary N) is 3. The van der Waals surface area contributed by atoms with Gasteiger partial charge in [-0.05, 0) is 138 Å². The molecule has 3 aliphatic carbocycles. The summed E-state index contributed by atoms with van der Waals surface area (Å²) in [6.07, 6.45) is 6.02. The normalized spacial score (nSPS) is 27.2. The number of hydrogen-bond acceptors (Lipinski definition) is 13. The van der Waals surface area contributed by atoms with Crippen LogP contribution in [0.15, 0.2) is 18.2 Å². The van der Waals surface area contributed by atoms with Gasteiger partial charge in [0.15, 0.2) is 0 Å². The molecule has 0 bridgehead atoms. The predicted molar refractivity (Wildman–Crippen MR) is 398 cm³/mol. The Balaban J connectivity index is 1.33. The van der Waals surface area contributed by atoms with Crippen LogP contribution < -0.4 is 16.0 Å². The van der Waals surface area contributed by atoms with Gasteiger partial charge in [0.1, 0.15) is 59.9 Å². The number of benzene rings is 1. The molecule has 600 valence electrons. The molecular weight excluding hydrogens is 1410 g/mol. The second-order valence-corrected chi connectivity index (χ2v) is 32.7. The van der Waals surface area contributed by atoms with E-state index in [1.807, 2.05) is 34.6 Å². The Bertz CT molecular complexity index is 3300. The van der Waals surface area contributed by atoms with Crippen LogP contribution in [0.3, 0.4) is 0 Å². The van der Waals surface area contributed by atoms with Crippen LogP contribution in [0, 0.1) is 29.6 Å². The van der Waals surface area contributed by atoms with Crippen molar-refractivity contribution in [1.82, 2.24) is 60.0 Å². The van der Waals surface area contributed by atoms with E-state index in [1.54, 1.807) is 11.8 Å². The number of carbonyl (C=O) groups excluding carboxylic acids is 12. The monoisotopic (exact) mass is 1530 g/mol. The van der Waals surface area contributed by atoms with Crippen molar-refractivity contribution in [2.24, 2.45) is 29.6 Å². The maximum atomic E-state index is 15.9. The number of aryl methyl sites for hydroxylation is 1. The van der Waals surface area contributed by atoms with E-state index < -0.39 is 179 Å². The third-order valence-corrected chi connectivity index (χ3v) is 24.1. The highest BCUT2D eigenvalue weighted by Gasteiger charge is 2.52. The van der Waals surface area contributed by atoms with E-state index in [0.717, 1.165) is 73.3 Å². The zero-order valence-electron chi connectivity index (χ0n) is 65.9. The molecule has 7 rings (SSSR count). The van der Waals surface area contributed by atoms with Crippen molar-refractivity contribution in [3.8, 4) is 0 Å². The lowest BCUT2D eigenvalue weighted by molar-refractivity contribution is -0.160. The van der Waals surface area contributed by atoms with E-state index in [1.165, 1.54) is 91.7 Å². The van der Waals surface area contributed by atoms with Gasteiger partial charge in [0.05, 0.1) is 30.2 Å². The minimum atomic E-state index is -4.78. The molecule has 29 heteroatoms. The van der Waals surface area contributed by atoms with Gasteiger partial charge in [-0.3, -0.25) is 57.5 Å². The van der Waals surface area contributed by atoms with Gasteiger partial charge in [-0.15, -0.1) is 0 Å². The summed E-state index contributed by atoms with van der Waals surface area (Å²) < 4.78 is 48.2. The molecular formula is C78H122ClF3N12O13. The predicted octanol–water partition coefficient (Wildman–Crippen LogP) is 7.46. The lowest BCUT2D eigenvalue weighted by Gasteiger charge is -2.45. The Morgan fingerprint density at radius 3 is 1.84 bits per heavy atom. The lowest BCUT2D eigenvalue weighted by Crippen LogP contribution is -2.66. The number of ether oxygens (including phenoxy) is 1. The number of alkyl halides is 3. The van der Waals surface area contributed by atoms with Crippen LogP contribution in [0.4, 0.5) is 13.2 Å². The highest BCUT2D eigenvalue weighted by molar-refractivity contribution is 6.31. The number of carbonyl (C=O) groups is 12. The third kappa shape index (κ3) is 21.9. The molecule has 107 heavy (non-hydrogen) atoms. The van der Waals surface area contributed by atoms with Crippen molar-refractivity contribution in [1.29, 1.82) is 0 Å².